The molecule has 0 spiro atoms. The van der Waals surface area contributed by atoms with E-state index in [-0.39, 0.29) is 24.0 Å². The van der Waals surface area contributed by atoms with Gasteiger partial charge in [-0.3, -0.25) is 9.20 Å². The van der Waals surface area contributed by atoms with Crippen molar-refractivity contribution in [3.05, 3.63) is 30.3 Å². The summed E-state index contributed by atoms with van der Waals surface area (Å²) in [6.07, 6.45) is 0.903. The molecule has 0 aliphatic carbocycles. The van der Waals surface area contributed by atoms with Crippen molar-refractivity contribution in [2.45, 2.75) is 25.2 Å². The van der Waals surface area contributed by atoms with E-state index in [9.17, 15) is 4.21 Å². The molecule has 1 aromatic carbocycles. The highest BCUT2D eigenvalue weighted by molar-refractivity contribution is 14.0. The van der Waals surface area contributed by atoms with Crippen molar-refractivity contribution in [1.82, 2.24) is 10.6 Å². The minimum absolute atomic E-state index is 0. The number of nitrogens with zero attached hydrogens (tertiary/aromatic N) is 1. The van der Waals surface area contributed by atoms with Crippen molar-refractivity contribution >= 4 is 40.7 Å². The highest BCUT2D eigenvalue weighted by Gasteiger charge is 2.03. The number of aliphatic imine (C=N–C) groups is 1. The van der Waals surface area contributed by atoms with E-state index in [0.29, 0.717) is 12.3 Å². The van der Waals surface area contributed by atoms with Crippen molar-refractivity contribution < 1.29 is 8.95 Å². The smallest absolute Gasteiger partial charge is 0.191 e. The average molecular weight is 453 g/mol. The predicted molar refractivity (Wildman–Crippen MR) is 108 cm³/mol. The summed E-state index contributed by atoms with van der Waals surface area (Å²) >= 11 is 0. The minimum Gasteiger partial charge on any atom is -0.382 e. The lowest BCUT2D eigenvalue weighted by molar-refractivity contribution is 0.146. The Morgan fingerprint density at radius 3 is 2.61 bits per heavy atom. The van der Waals surface area contributed by atoms with Crippen molar-refractivity contribution in [2.75, 3.05) is 38.6 Å². The average Bonchev–Trinajstić information content (AvgIpc) is 2.55. The molecule has 0 heterocycles. The molecule has 5 nitrogen and oxygen atoms in total. The van der Waals surface area contributed by atoms with Crippen LogP contribution in [0.1, 0.15) is 20.3 Å². The largest absolute Gasteiger partial charge is 0.382 e. The normalized spacial score (nSPS) is 12.3. The maximum atomic E-state index is 12.1. The predicted octanol–water partition coefficient (Wildman–Crippen LogP) is 2.39. The fraction of sp³-hybridized carbons (Fsp3) is 0.562. The van der Waals surface area contributed by atoms with Crippen molar-refractivity contribution in [2.24, 2.45) is 4.99 Å². The first kappa shape index (κ1) is 22.3. The second-order valence-electron chi connectivity index (χ2n) is 4.60. The fourth-order valence-electron chi connectivity index (χ4n) is 1.80. The molecule has 0 aliphatic rings. The van der Waals surface area contributed by atoms with Crippen LogP contribution in [0.25, 0.3) is 0 Å². The summed E-state index contributed by atoms with van der Waals surface area (Å²) in [5.74, 6) is 1.33. The summed E-state index contributed by atoms with van der Waals surface area (Å²) in [5.41, 5.74) is 0. The van der Waals surface area contributed by atoms with Crippen LogP contribution in [0.4, 0.5) is 0 Å². The quantitative estimate of drug-likeness (QED) is 0.247. The molecule has 0 bridgehead atoms. The van der Waals surface area contributed by atoms with Gasteiger partial charge in [-0.25, -0.2) is 0 Å². The summed E-state index contributed by atoms with van der Waals surface area (Å²) in [7, 11) is -0.979. The number of nitrogens with one attached hydrogen (secondary N) is 2. The molecule has 23 heavy (non-hydrogen) atoms. The van der Waals surface area contributed by atoms with Gasteiger partial charge in [-0.05, 0) is 32.4 Å². The first-order valence-corrected chi connectivity index (χ1v) is 9.13. The van der Waals surface area contributed by atoms with E-state index in [1.165, 1.54) is 0 Å². The molecule has 2 N–H and O–H groups in total. The van der Waals surface area contributed by atoms with Crippen LogP contribution >= 0.6 is 24.0 Å². The molecular formula is C16H28IN3O2S. The van der Waals surface area contributed by atoms with Gasteiger partial charge in [0.1, 0.15) is 0 Å². The van der Waals surface area contributed by atoms with Gasteiger partial charge in [0.05, 0.1) is 10.8 Å². The Labute approximate surface area is 159 Å². The van der Waals surface area contributed by atoms with E-state index in [0.717, 1.165) is 43.6 Å². The summed E-state index contributed by atoms with van der Waals surface area (Å²) in [6.45, 7) is 7.64. The molecule has 1 unspecified atom stereocenters. The zero-order valence-corrected chi connectivity index (χ0v) is 17.1. The van der Waals surface area contributed by atoms with E-state index in [2.05, 4.69) is 15.6 Å². The molecule has 0 fully saturated rings. The molecule has 7 heteroatoms. The lowest BCUT2D eigenvalue weighted by Gasteiger charge is -2.11. The molecular weight excluding hydrogens is 425 g/mol. The van der Waals surface area contributed by atoms with Gasteiger partial charge >= 0.3 is 0 Å². The van der Waals surface area contributed by atoms with Crippen LogP contribution in [0.2, 0.25) is 0 Å². The first-order valence-electron chi connectivity index (χ1n) is 7.81. The summed E-state index contributed by atoms with van der Waals surface area (Å²) in [6, 6.07) is 9.53. The van der Waals surface area contributed by atoms with Gasteiger partial charge < -0.3 is 15.4 Å². The van der Waals surface area contributed by atoms with Crippen LogP contribution < -0.4 is 10.6 Å². The number of ether oxygens (including phenoxy) is 1. The van der Waals surface area contributed by atoms with E-state index < -0.39 is 10.8 Å². The van der Waals surface area contributed by atoms with E-state index in [1.807, 2.05) is 44.2 Å². The van der Waals surface area contributed by atoms with Crippen LogP contribution in [0, 0.1) is 0 Å². The summed E-state index contributed by atoms with van der Waals surface area (Å²) in [4.78, 5) is 5.33. The van der Waals surface area contributed by atoms with E-state index in [4.69, 9.17) is 4.74 Å². The highest BCUT2D eigenvalue weighted by atomic mass is 127. The molecule has 0 radical (unpaired) electrons. The van der Waals surface area contributed by atoms with Gasteiger partial charge in [0.2, 0.25) is 0 Å². The Morgan fingerprint density at radius 2 is 1.96 bits per heavy atom. The Kier molecular flexibility index (Phi) is 14.5. The molecule has 1 rings (SSSR count). The third kappa shape index (κ3) is 10.7. The van der Waals surface area contributed by atoms with Gasteiger partial charge in [-0.2, -0.15) is 0 Å². The summed E-state index contributed by atoms with van der Waals surface area (Å²) < 4.78 is 17.4. The van der Waals surface area contributed by atoms with Gasteiger partial charge in [0.15, 0.2) is 5.96 Å². The third-order valence-electron chi connectivity index (χ3n) is 2.85. The van der Waals surface area contributed by atoms with Crippen molar-refractivity contribution in [1.29, 1.82) is 0 Å². The standard InChI is InChI=1S/C16H27N3O2S.HI/c1-3-17-16(18-11-8-13-21-4-2)19-12-14-22(20)15-9-6-5-7-10-15;/h5-7,9-10H,3-4,8,11-14H2,1-2H3,(H2,17,18,19);1H. The second kappa shape index (κ2) is 14.9. The van der Waals surface area contributed by atoms with E-state index >= 15 is 0 Å². The maximum absolute atomic E-state index is 12.1. The Bertz CT molecular complexity index is 458. The Morgan fingerprint density at radius 1 is 1.22 bits per heavy atom. The Hall–Kier alpha value is -0.670. The van der Waals surface area contributed by atoms with Crippen LogP contribution in [0.3, 0.4) is 0 Å². The molecule has 0 aliphatic heterocycles. The van der Waals surface area contributed by atoms with Gasteiger partial charge in [0.25, 0.3) is 0 Å². The molecule has 1 aromatic rings. The lowest BCUT2D eigenvalue weighted by Crippen LogP contribution is -2.39. The molecule has 0 amide bonds. The lowest BCUT2D eigenvalue weighted by atomic mass is 10.4. The molecule has 1 atom stereocenters. The number of rotatable bonds is 10. The minimum atomic E-state index is -0.979. The number of hydrogen-bond donors (Lipinski definition) is 2. The highest BCUT2D eigenvalue weighted by Crippen LogP contribution is 2.04. The number of guanidine groups is 1. The molecule has 0 saturated heterocycles. The molecule has 0 aromatic heterocycles. The van der Waals surface area contributed by atoms with Crippen LogP contribution in [-0.4, -0.2) is 48.8 Å². The Balaban J connectivity index is 0.00000484. The molecule has 0 saturated carbocycles. The zero-order valence-electron chi connectivity index (χ0n) is 13.9. The van der Waals surface area contributed by atoms with Crippen LogP contribution in [-0.2, 0) is 15.5 Å². The SMILES string of the molecule is CCNC(=NCCCOCC)NCCS(=O)c1ccccc1.I. The third-order valence-corrected chi connectivity index (χ3v) is 4.22. The molecule has 132 valence electrons. The monoisotopic (exact) mass is 453 g/mol. The van der Waals surface area contributed by atoms with Crippen molar-refractivity contribution in [3.8, 4) is 0 Å². The maximum Gasteiger partial charge on any atom is 0.191 e. The summed E-state index contributed by atoms with van der Waals surface area (Å²) in [5, 5.41) is 6.40. The first-order chi connectivity index (χ1) is 10.8. The number of halogens is 1. The second-order valence-corrected chi connectivity index (χ2v) is 6.17. The van der Waals surface area contributed by atoms with Crippen molar-refractivity contribution in [3.63, 3.8) is 0 Å². The van der Waals surface area contributed by atoms with Gasteiger partial charge in [-0.1, -0.05) is 18.2 Å². The van der Waals surface area contributed by atoms with E-state index in [1.54, 1.807) is 0 Å². The number of hydrogen-bond acceptors (Lipinski definition) is 3. The zero-order chi connectivity index (χ0) is 16.0. The fourth-order valence-corrected chi connectivity index (χ4v) is 2.78. The van der Waals surface area contributed by atoms with Crippen LogP contribution in [0.5, 0.6) is 0 Å². The van der Waals surface area contributed by atoms with Crippen LogP contribution in [0.15, 0.2) is 40.2 Å². The van der Waals surface area contributed by atoms with Gasteiger partial charge in [0, 0.05) is 43.5 Å². The van der Waals surface area contributed by atoms with Gasteiger partial charge in [-0.15, -0.1) is 24.0 Å². The number of benzene rings is 1. The topological polar surface area (TPSA) is 62.7 Å².